The van der Waals surface area contributed by atoms with Crippen LogP contribution in [-0.4, -0.2) is 28.5 Å². The minimum absolute atomic E-state index is 0.0999. The fraction of sp³-hybridized carbons (Fsp3) is 0.250. The number of H-pyrrole nitrogens is 1. The van der Waals surface area contributed by atoms with Crippen LogP contribution in [0.4, 0.5) is 5.82 Å². The van der Waals surface area contributed by atoms with Crippen molar-refractivity contribution in [2.24, 2.45) is 0 Å². The van der Waals surface area contributed by atoms with E-state index in [9.17, 15) is 5.11 Å². The number of phenolic OH excluding ortho intramolecular Hbond substituents is 1. The third kappa shape index (κ3) is 1.81. The van der Waals surface area contributed by atoms with Gasteiger partial charge in [-0.25, -0.2) is 0 Å². The SMILES string of the molecule is Nc1cc(-c2cc3c(cc2O)OCCCO3)[nH]n1. The van der Waals surface area contributed by atoms with Crippen LogP contribution in [0.3, 0.4) is 0 Å². The van der Waals surface area contributed by atoms with Crippen LogP contribution in [0, 0.1) is 0 Å². The number of nitrogens with zero attached hydrogens (tertiary/aromatic N) is 1. The van der Waals surface area contributed by atoms with Crippen LogP contribution < -0.4 is 15.2 Å². The van der Waals surface area contributed by atoms with E-state index in [1.165, 1.54) is 0 Å². The maximum atomic E-state index is 10.00. The lowest BCUT2D eigenvalue weighted by molar-refractivity contribution is 0.296. The summed E-state index contributed by atoms with van der Waals surface area (Å²) in [6, 6.07) is 4.93. The molecule has 0 unspecified atom stereocenters. The van der Waals surface area contributed by atoms with Crippen molar-refractivity contribution in [3.8, 4) is 28.5 Å². The Hall–Kier alpha value is -2.37. The predicted molar refractivity (Wildman–Crippen MR) is 65.7 cm³/mol. The molecule has 94 valence electrons. The van der Waals surface area contributed by atoms with E-state index in [1.54, 1.807) is 18.2 Å². The van der Waals surface area contributed by atoms with Crippen LogP contribution in [0.5, 0.6) is 17.2 Å². The fourth-order valence-corrected chi connectivity index (χ4v) is 1.89. The molecule has 1 aliphatic rings. The molecule has 3 rings (SSSR count). The van der Waals surface area contributed by atoms with Crippen molar-refractivity contribution in [1.82, 2.24) is 10.2 Å². The van der Waals surface area contributed by atoms with Gasteiger partial charge in [0, 0.05) is 24.1 Å². The van der Waals surface area contributed by atoms with Gasteiger partial charge < -0.3 is 20.3 Å². The van der Waals surface area contributed by atoms with Gasteiger partial charge in [0.2, 0.25) is 0 Å². The lowest BCUT2D eigenvalue weighted by Crippen LogP contribution is -1.97. The Kier molecular flexibility index (Phi) is 2.47. The Morgan fingerprint density at radius 2 is 1.89 bits per heavy atom. The molecule has 0 radical (unpaired) electrons. The van der Waals surface area contributed by atoms with Gasteiger partial charge in [-0.15, -0.1) is 0 Å². The molecule has 0 spiro atoms. The average Bonchev–Trinajstić information content (AvgIpc) is 2.65. The molecule has 1 aliphatic heterocycles. The van der Waals surface area contributed by atoms with E-state index in [4.69, 9.17) is 15.2 Å². The highest BCUT2D eigenvalue weighted by molar-refractivity contribution is 5.72. The standard InChI is InChI=1S/C12H13N3O3/c13-12-5-8(14-15-12)7-4-10-11(6-9(7)16)18-3-1-2-17-10/h4-6,16H,1-3H2,(H3,13,14,15). The number of fused-ring (bicyclic) bond motifs is 1. The molecule has 1 aromatic carbocycles. The van der Waals surface area contributed by atoms with Crippen molar-refractivity contribution >= 4 is 5.82 Å². The third-order valence-corrected chi connectivity index (χ3v) is 2.75. The first kappa shape index (κ1) is 10.8. The summed E-state index contributed by atoms with van der Waals surface area (Å²) < 4.78 is 11.1. The monoisotopic (exact) mass is 247 g/mol. The number of anilines is 1. The number of nitrogens with one attached hydrogen (secondary N) is 1. The van der Waals surface area contributed by atoms with Gasteiger partial charge in [0.05, 0.1) is 18.9 Å². The minimum atomic E-state index is 0.0999. The van der Waals surface area contributed by atoms with Crippen LogP contribution in [-0.2, 0) is 0 Å². The number of ether oxygens (including phenoxy) is 2. The van der Waals surface area contributed by atoms with Crippen molar-refractivity contribution in [1.29, 1.82) is 0 Å². The smallest absolute Gasteiger partial charge is 0.164 e. The van der Waals surface area contributed by atoms with Crippen LogP contribution in [0.15, 0.2) is 18.2 Å². The molecule has 1 aromatic heterocycles. The highest BCUT2D eigenvalue weighted by atomic mass is 16.5. The summed E-state index contributed by atoms with van der Waals surface area (Å²) in [6.45, 7) is 1.19. The largest absolute Gasteiger partial charge is 0.507 e. The van der Waals surface area contributed by atoms with E-state index in [0.29, 0.717) is 41.8 Å². The Morgan fingerprint density at radius 3 is 2.56 bits per heavy atom. The number of nitrogens with two attached hydrogens (primary N) is 1. The van der Waals surface area contributed by atoms with Gasteiger partial charge in [-0.05, 0) is 6.07 Å². The molecule has 0 saturated heterocycles. The minimum Gasteiger partial charge on any atom is -0.507 e. The summed E-state index contributed by atoms with van der Waals surface area (Å²) in [5.74, 6) is 1.65. The van der Waals surface area contributed by atoms with Crippen molar-refractivity contribution in [2.45, 2.75) is 6.42 Å². The maximum Gasteiger partial charge on any atom is 0.164 e. The van der Waals surface area contributed by atoms with E-state index in [2.05, 4.69) is 10.2 Å². The van der Waals surface area contributed by atoms with Crippen molar-refractivity contribution < 1.29 is 14.6 Å². The van der Waals surface area contributed by atoms with E-state index in [1.807, 2.05) is 0 Å². The second kappa shape index (κ2) is 4.14. The summed E-state index contributed by atoms with van der Waals surface area (Å²) in [5, 5.41) is 16.6. The first-order valence-electron chi connectivity index (χ1n) is 5.68. The summed E-state index contributed by atoms with van der Waals surface area (Å²) in [5.41, 5.74) is 6.77. The van der Waals surface area contributed by atoms with Crippen LogP contribution in [0.1, 0.15) is 6.42 Å². The van der Waals surface area contributed by atoms with E-state index < -0.39 is 0 Å². The zero-order valence-electron chi connectivity index (χ0n) is 9.64. The topological polar surface area (TPSA) is 93.4 Å². The van der Waals surface area contributed by atoms with Crippen molar-refractivity contribution in [3.63, 3.8) is 0 Å². The molecule has 18 heavy (non-hydrogen) atoms. The average molecular weight is 247 g/mol. The van der Waals surface area contributed by atoms with E-state index >= 15 is 0 Å². The highest BCUT2D eigenvalue weighted by Crippen LogP contribution is 2.40. The lowest BCUT2D eigenvalue weighted by atomic mass is 10.1. The predicted octanol–water partition coefficient (Wildman–Crippen LogP) is 1.53. The lowest BCUT2D eigenvalue weighted by Gasteiger charge is -2.10. The van der Waals surface area contributed by atoms with Crippen molar-refractivity contribution in [3.05, 3.63) is 18.2 Å². The zero-order chi connectivity index (χ0) is 12.5. The Bertz CT molecular complexity index is 580. The van der Waals surface area contributed by atoms with Crippen LogP contribution in [0.25, 0.3) is 11.3 Å². The number of hydrogen-bond donors (Lipinski definition) is 3. The molecular formula is C12H13N3O3. The number of benzene rings is 1. The number of aromatic nitrogens is 2. The van der Waals surface area contributed by atoms with Gasteiger partial charge in [-0.1, -0.05) is 0 Å². The Labute approximate surface area is 103 Å². The van der Waals surface area contributed by atoms with E-state index in [0.717, 1.165) is 6.42 Å². The number of hydrogen-bond acceptors (Lipinski definition) is 5. The van der Waals surface area contributed by atoms with E-state index in [-0.39, 0.29) is 5.75 Å². The molecule has 0 atom stereocenters. The molecule has 4 N–H and O–H groups in total. The highest BCUT2D eigenvalue weighted by Gasteiger charge is 2.16. The van der Waals surface area contributed by atoms with Gasteiger partial charge in [0.1, 0.15) is 11.6 Å². The van der Waals surface area contributed by atoms with Crippen LogP contribution >= 0.6 is 0 Å². The maximum absolute atomic E-state index is 10.00. The molecule has 6 heteroatoms. The normalized spacial score (nSPS) is 14.2. The molecule has 0 bridgehead atoms. The molecule has 0 saturated carbocycles. The second-order valence-corrected chi connectivity index (χ2v) is 4.07. The van der Waals surface area contributed by atoms with Gasteiger partial charge in [-0.3, -0.25) is 5.10 Å². The second-order valence-electron chi connectivity index (χ2n) is 4.07. The van der Waals surface area contributed by atoms with Gasteiger partial charge in [0.25, 0.3) is 0 Å². The number of aromatic amines is 1. The third-order valence-electron chi connectivity index (χ3n) is 2.75. The first-order valence-corrected chi connectivity index (χ1v) is 5.68. The van der Waals surface area contributed by atoms with Crippen LogP contribution in [0.2, 0.25) is 0 Å². The number of nitrogen functional groups attached to an aromatic ring is 1. The first-order chi connectivity index (χ1) is 8.74. The molecular weight excluding hydrogens is 234 g/mol. The number of phenols is 1. The summed E-state index contributed by atoms with van der Waals surface area (Å²) in [4.78, 5) is 0. The molecule has 2 aromatic rings. The molecule has 2 heterocycles. The molecule has 0 amide bonds. The number of aromatic hydroxyl groups is 1. The Morgan fingerprint density at radius 1 is 1.17 bits per heavy atom. The fourth-order valence-electron chi connectivity index (χ4n) is 1.89. The molecule has 0 fully saturated rings. The van der Waals surface area contributed by atoms with Gasteiger partial charge >= 0.3 is 0 Å². The molecule has 6 nitrogen and oxygen atoms in total. The summed E-state index contributed by atoms with van der Waals surface area (Å²) >= 11 is 0. The van der Waals surface area contributed by atoms with Gasteiger partial charge in [-0.2, -0.15) is 5.10 Å². The number of rotatable bonds is 1. The quantitative estimate of drug-likeness (QED) is 0.710. The summed E-state index contributed by atoms with van der Waals surface area (Å²) in [6.07, 6.45) is 0.821. The van der Waals surface area contributed by atoms with Gasteiger partial charge in [0.15, 0.2) is 11.5 Å². The summed E-state index contributed by atoms with van der Waals surface area (Å²) in [7, 11) is 0. The zero-order valence-corrected chi connectivity index (χ0v) is 9.64. The Balaban J connectivity index is 2.08. The molecule has 0 aliphatic carbocycles. The van der Waals surface area contributed by atoms with Crippen molar-refractivity contribution in [2.75, 3.05) is 18.9 Å².